The number of hydrazine groups is 1. The number of rotatable bonds is 9. The number of methoxy groups -OCH3 is 1. The molecule has 4 heterocycles. The van der Waals surface area contributed by atoms with Gasteiger partial charge in [0.25, 0.3) is 5.91 Å². The van der Waals surface area contributed by atoms with Crippen LogP contribution in [0.4, 0.5) is 5.00 Å². The molecule has 0 spiro atoms. The molecule has 39 heavy (non-hydrogen) atoms. The minimum atomic E-state index is -0.800. The van der Waals surface area contributed by atoms with Gasteiger partial charge in [0.15, 0.2) is 5.15 Å². The number of anilines is 1. The van der Waals surface area contributed by atoms with Gasteiger partial charge in [0.1, 0.15) is 16.1 Å². The number of ether oxygens (including phenoxy) is 1. The normalized spacial score (nSPS) is 17.9. The SMILES string of the molecule is COCCn1cc(-c2nc(Cl)c(NC(=O)C[C@@H](C)C(=O)N[C@@H]3C(=O)N4CCCN4Cc4ccccc43)s2)cn1. The Hall–Kier alpha value is -3.32. The molecule has 13 heteroatoms. The first kappa shape index (κ1) is 27.3. The zero-order chi connectivity index (χ0) is 27.5. The van der Waals surface area contributed by atoms with Gasteiger partial charge in [-0.3, -0.25) is 24.1 Å². The lowest BCUT2D eigenvalue weighted by Gasteiger charge is -2.28. The lowest BCUT2D eigenvalue weighted by Crippen LogP contribution is -2.46. The molecule has 1 saturated heterocycles. The van der Waals surface area contributed by atoms with Crippen molar-refractivity contribution in [3.05, 3.63) is 52.9 Å². The van der Waals surface area contributed by atoms with Crippen LogP contribution in [0.3, 0.4) is 0 Å². The van der Waals surface area contributed by atoms with Crippen molar-refractivity contribution in [1.29, 1.82) is 0 Å². The molecule has 5 rings (SSSR count). The van der Waals surface area contributed by atoms with E-state index >= 15 is 0 Å². The van der Waals surface area contributed by atoms with Gasteiger partial charge in [0.2, 0.25) is 11.8 Å². The van der Waals surface area contributed by atoms with E-state index in [1.807, 2.05) is 35.5 Å². The zero-order valence-electron chi connectivity index (χ0n) is 21.7. The number of amides is 3. The summed E-state index contributed by atoms with van der Waals surface area (Å²) in [6.45, 7) is 4.85. The van der Waals surface area contributed by atoms with Gasteiger partial charge in [-0.2, -0.15) is 5.10 Å². The summed E-state index contributed by atoms with van der Waals surface area (Å²) in [5.74, 6) is -1.57. The van der Waals surface area contributed by atoms with Crippen LogP contribution < -0.4 is 10.6 Å². The van der Waals surface area contributed by atoms with Crippen LogP contribution >= 0.6 is 22.9 Å². The van der Waals surface area contributed by atoms with Gasteiger partial charge in [-0.25, -0.2) is 9.99 Å². The van der Waals surface area contributed by atoms with E-state index in [9.17, 15) is 14.4 Å². The molecule has 2 aromatic heterocycles. The fourth-order valence-corrected chi connectivity index (χ4v) is 5.92. The number of aromatic nitrogens is 3. The minimum Gasteiger partial charge on any atom is -0.383 e. The molecule has 0 radical (unpaired) electrons. The molecule has 3 amide bonds. The Kier molecular flexibility index (Phi) is 8.26. The summed E-state index contributed by atoms with van der Waals surface area (Å²) in [5.41, 5.74) is 2.57. The Morgan fingerprint density at radius 3 is 2.92 bits per heavy atom. The van der Waals surface area contributed by atoms with Gasteiger partial charge >= 0.3 is 0 Å². The second-order valence-corrected chi connectivity index (χ2v) is 11.0. The van der Waals surface area contributed by atoms with Gasteiger partial charge in [0, 0.05) is 50.8 Å². The lowest BCUT2D eigenvalue weighted by molar-refractivity contribution is -0.148. The van der Waals surface area contributed by atoms with Crippen molar-refractivity contribution < 1.29 is 19.1 Å². The zero-order valence-corrected chi connectivity index (χ0v) is 23.3. The second kappa shape index (κ2) is 11.8. The summed E-state index contributed by atoms with van der Waals surface area (Å²) in [6, 6.07) is 6.86. The standard InChI is InChI=1S/C26H30ClN7O4S/c1-16(12-20(35)29-25-22(27)31-24(39-25)18-13-28-32(14-18)10-11-38-2)23(36)30-21-19-7-4-3-6-17(19)15-33-8-5-9-34(33)26(21)37/h3-4,6-7,13-14,16,21H,5,8-12,15H2,1-2H3,(H,29,35)(H,30,36)/t16-,21+/m1/s1. The van der Waals surface area contributed by atoms with E-state index in [1.54, 1.807) is 29.9 Å². The van der Waals surface area contributed by atoms with Crippen LogP contribution in [-0.2, 0) is 32.2 Å². The molecule has 0 aliphatic carbocycles. The first-order chi connectivity index (χ1) is 18.8. The fourth-order valence-electron chi connectivity index (χ4n) is 4.77. The summed E-state index contributed by atoms with van der Waals surface area (Å²) in [7, 11) is 1.63. The molecule has 2 aliphatic heterocycles. The highest BCUT2D eigenvalue weighted by atomic mass is 35.5. The Balaban J connectivity index is 1.22. The van der Waals surface area contributed by atoms with E-state index in [0.29, 0.717) is 36.2 Å². The van der Waals surface area contributed by atoms with Crippen molar-refractivity contribution in [3.8, 4) is 10.6 Å². The molecule has 2 atom stereocenters. The molecule has 206 valence electrons. The predicted octanol–water partition coefficient (Wildman–Crippen LogP) is 3.09. The lowest BCUT2D eigenvalue weighted by atomic mass is 9.98. The van der Waals surface area contributed by atoms with Gasteiger partial charge in [-0.1, -0.05) is 54.1 Å². The summed E-state index contributed by atoms with van der Waals surface area (Å²) < 4.78 is 6.81. The number of fused-ring (bicyclic) bond motifs is 2. The topological polar surface area (TPSA) is 122 Å². The number of carbonyl (C=O) groups is 3. The maximum absolute atomic E-state index is 13.4. The number of carbonyl (C=O) groups excluding carboxylic acids is 3. The van der Waals surface area contributed by atoms with Gasteiger partial charge in [-0.05, 0) is 17.5 Å². The molecule has 1 aromatic carbocycles. The van der Waals surface area contributed by atoms with Gasteiger partial charge < -0.3 is 15.4 Å². The monoisotopic (exact) mass is 571 g/mol. The molecule has 0 bridgehead atoms. The minimum absolute atomic E-state index is 0.0806. The van der Waals surface area contributed by atoms with Crippen LogP contribution in [-0.4, -0.2) is 69.3 Å². The van der Waals surface area contributed by atoms with E-state index in [4.69, 9.17) is 16.3 Å². The third-order valence-corrected chi connectivity index (χ3v) is 8.22. The average molecular weight is 572 g/mol. The Morgan fingerprint density at radius 1 is 1.28 bits per heavy atom. The molecule has 11 nitrogen and oxygen atoms in total. The molecule has 0 saturated carbocycles. The number of hydrogen-bond acceptors (Lipinski definition) is 8. The Morgan fingerprint density at radius 2 is 2.10 bits per heavy atom. The maximum atomic E-state index is 13.4. The molecule has 2 aliphatic rings. The van der Waals surface area contributed by atoms with Crippen LogP contribution in [0.1, 0.15) is 36.9 Å². The summed E-state index contributed by atoms with van der Waals surface area (Å²) in [5, 5.41) is 14.9. The Bertz CT molecular complexity index is 1380. The van der Waals surface area contributed by atoms with Gasteiger partial charge in [0.05, 0.1) is 19.3 Å². The van der Waals surface area contributed by atoms with Crippen molar-refractivity contribution in [3.63, 3.8) is 0 Å². The first-order valence-electron chi connectivity index (χ1n) is 12.8. The summed E-state index contributed by atoms with van der Waals surface area (Å²) in [6.07, 6.45) is 4.32. The molecule has 1 fully saturated rings. The quantitative estimate of drug-likeness (QED) is 0.405. The van der Waals surface area contributed by atoms with E-state index < -0.39 is 12.0 Å². The van der Waals surface area contributed by atoms with E-state index in [0.717, 1.165) is 29.7 Å². The molecular weight excluding hydrogens is 542 g/mol. The van der Waals surface area contributed by atoms with Crippen LogP contribution in [0.5, 0.6) is 0 Å². The predicted molar refractivity (Wildman–Crippen MR) is 147 cm³/mol. The van der Waals surface area contributed by atoms with Crippen molar-refractivity contribution in [2.75, 3.05) is 32.1 Å². The number of halogens is 1. The van der Waals surface area contributed by atoms with E-state index in [2.05, 4.69) is 20.7 Å². The van der Waals surface area contributed by atoms with Crippen LogP contribution in [0.25, 0.3) is 10.6 Å². The number of nitrogens with one attached hydrogen (secondary N) is 2. The third kappa shape index (κ3) is 5.98. The molecule has 3 aromatic rings. The van der Waals surface area contributed by atoms with Crippen LogP contribution in [0.2, 0.25) is 5.15 Å². The number of nitrogens with zero attached hydrogens (tertiary/aromatic N) is 5. The summed E-state index contributed by atoms with van der Waals surface area (Å²) >= 11 is 7.52. The Labute approximate surface area is 235 Å². The van der Waals surface area contributed by atoms with Crippen LogP contribution in [0.15, 0.2) is 36.7 Å². The number of hydrogen-bond donors (Lipinski definition) is 2. The van der Waals surface area contributed by atoms with Crippen molar-refractivity contribution in [2.24, 2.45) is 5.92 Å². The average Bonchev–Trinajstić information content (AvgIpc) is 3.65. The molecular formula is C26H30ClN7O4S. The van der Waals surface area contributed by atoms with Crippen molar-refractivity contribution in [1.82, 2.24) is 30.1 Å². The first-order valence-corrected chi connectivity index (χ1v) is 14.0. The maximum Gasteiger partial charge on any atom is 0.264 e. The highest BCUT2D eigenvalue weighted by molar-refractivity contribution is 7.19. The van der Waals surface area contributed by atoms with Crippen LogP contribution in [0, 0.1) is 5.92 Å². The van der Waals surface area contributed by atoms with E-state index in [-0.39, 0.29) is 29.3 Å². The fraction of sp³-hybridized carbons (Fsp3) is 0.423. The van der Waals surface area contributed by atoms with E-state index in [1.165, 1.54) is 11.3 Å². The molecule has 2 N–H and O–H groups in total. The largest absolute Gasteiger partial charge is 0.383 e. The third-order valence-electron chi connectivity index (χ3n) is 6.82. The highest BCUT2D eigenvalue weighted by Crippen LogP contribution is 2.35. The molecule has 0 unspecified atom stereocenters. The smallest absolute Gasteiger partial charge is 0.264 e. The van der Waals surface area contributed by atoms with Gasteiger partial charge in [-0.15, -0.1) is 0 Å². The van der Waals surface area contributed by atoms with Crippen molar-refractivity contribution in [2.45, 2.75) is 38.9 Å². The second-order valence-electron chi connectivity index (χ2n) is 9.62. The highest BCUT2D eigenvalue weighted by Gasteiger charge is 2.38. The number of benzene rings is 1. The van der Waals surface area contributed by atoms with Crippen molar-refractivity contribution >= 4 is 45.7 Å². The number of thiazole rings is 1. The summed E-state index contributed by atoms with van der Waals surface area (Å²) in [4.78, 5) is 43.7.